The maximum atomic E-state index is 10.9. The number of halogens is 1. The molecule has 0 bridgehead atoms. The molecule has 1 atom stereocenters. The van der Waals surface area contributed by atoms with Gasteiger partial charge in [-0.1, -0.05) is 28.1 Å². The van der Waals surface area contributed by atoms with Crippen LogP contribution in [0.2, 0.25) is 0 Å². The molecule has 10 heavy (non-hydrogen) atoms. The average molecular weight is 203 g/mol. The van der Waals surface area contributed by atoms with Crippen LogP contribution in [0.25, 0.3) is 0 Å². The van der Waals surface area contributed by atoms with E-state index in [-0.39, 0.29) is 18.3 Å². The van der Waals surface area contributed by atoms with E-state index in [0.717, 1.165) is 4.48 Å². The second-order valence-corrected chi connectivity index (χ2v) is 3.00. The smallest absolute Gasteiger partial charge is 0.165 e. The van der Waals surface area contributed by atoms with E-state index in [1.165, 1.54) is 6.08 Å². The van der Waals surface area contributed by atoms with Crippen molar-refractivity contribution >= 4 is 21.7 Å². The largest absolute Gasteiger partial charge is 0.395 e. The number of carbonyl (C=O) groups is 1. The molecule has 0 saturated carbocycles. The third kappa shape index (κ3) is 1.55. The molecule has 2 nitrogen and oxygen atoms in total. The minimum Gasteiger partial charge on any atom is -0.395 e. The Bertz CT molecular complexity index is 206. The summed E-state index contributed by atoms with van der Waals surface area (Å²) in [6.45, 7) is -0.105. The zero-order chi connectivity index (χ0) is 7.56. The van der Waals surface area contributed by atoms with Gasteiger partial charge in [-0.15, -0.1) is 0 Å². The second-order valence-electron chi connectivity index (χ2n) is 2.08. The van der Waals surface area contributed by atoms with Crippen molar-refractivity contribution in [2.24, 2.45) is 5.92 Å². The fraction of sp³-hybridized carbons (Fsp3) is 0.286. The highest BCUT2D eigenvalue weighted by molar-refractivity contribution is 9.11. The molecule has 0 heterocycles. The summed E-state index contributed by atoms with van der Waals surface area (Å²) >= 11 is 3.16. The van der Waals surface area contributed by atoms with Crippen LogP contribution < -0.4 is 0 Å². The number of hydrogen-bond donors (Lipinski definition) is 1. The SMILES string of the molecule is O=C1C=C(Br)C=CC1CO. The van der Waals surface area contributed by atoms with Crippen molar-refractivity contribution in [3.8, 4) is 0 Å². The molecule has 0 aliphatic heterocycles. The van der Waals surface area contributed by atoms with Crippen LogP contribution in [0.5, 0.6) is 0 Å². The first-order chi connectivity index (χ1) is 4.74. The molecular weight excluding hydrogens is 196 g/mol. The molecule has 54 valence electrons. The first-order valence-electron chi connectivity index (χ1n) is 2.94. The summed E-state index contributed by atoms with van der Waals surface area (Å²) in [4.78, 5) is 10.9. The molecule has 0 spiro atoms. The van der Waals surface area contributed by atoms with Crippen LogP contribution in [0.1, 0.15) is 0 Å². The molecule has 0 aromatic rings. The predicted molar refractivity (Wildman–Crippen MR) is 41.7 cm³/mol. The fourth-order valence-electron chi connectivity index (χ4n) is 0.745. The molecule has 0 saturated heterocycles. The van der Waals surface area contributed by atoms with Crippen LogP contribution in [0.4, 0.5) is 0 Å². The van der Waals surface area contributed by atoms with Crippen LogP contribution in [-0.4, -0.2) is 17.5 Å². The molecule has 3 heteroatoms. The summed E-state index contributed by atoms with van der Waals surface area (Å²) in [5, 5.41) is 8.63. The number of aliphatic hydroxyl groups is 1. The van der Waals surface area contributed by atoms with Crippen molar-refractivity contribution in [3.05, 3.63) is 22.7 Å². The quantitative estimate of drug-likeness (QED) is 0.690. The summed E-state index contributed by atoms with van der Waals surface area (Å²) in [6.07, 6.45) is 4.93. The molecule has 0 fully saturated rings. The van der Waals surface area contributed by atoms with Gasteiger partial charge in [0.25, 0.3) is 0 Å². The molecule has 1 aliphatic carbocycles. The molecule has 0 amide bonds. The zero-order valence-electron chi connectivity index (χ0n) is 5.25. The van der Waals surface area contributed by atoms with Crippen LogP contribution in [-0.2, 0) is 4.79 Å². The van der Waals surface area contributed by atoms with Gasteiger partial charge in [0.05, 0.1) is 12.5 Å². The van der Waals surface area contributed by atoms with Gasteiger partial charge < -0.3 is 5.11 Å². The summed E-state index contributed by atoms with van der Waals surface area (Å²) in [5.74, 6) is -0.377. The van der Waals surface area contributed by atoms with E-state index in [0.29, 0.717) is 0 Å². The van der Waals surface area contributed by atoms with Crippen LogP contribution in [0.15, 0.2) is 22.7 Å². The molecular formula is C7H7BrO2. The number of allylic oxidation sites excluding steroid dienone is 3. The number of carbonyl (C=O) groups excluding carboxylic acids is 1. The number of ketones is 1. The maximum Gasteiger partial charge on any atom is 0.165 e. The predicted octanol–water partition coefficient (Wildman–Crippen LogP) is 1.01. The minimum absolute atomic E-state index is 0.0446. The van der Waals surface area contributed by atoms with Crippen molar-refractivity contribution in [1.29, 1.82) is 0 Å². The van der Waals surface area contributed by atoms with Gasteiger partial charge >= 0.3 is 0 Å². The highest BCUT2D eigenvalue weighted by atomic mass is 79.9. The molecule has 0 radical (unpaired) electrons. The van der Waals surface area contributed by atoms with E-state index >= 15 is 0 Å². The van der Waals surface area contributed by atoms with Crippen molar-refractivity contribution in [3.63, 3.8) is 0 Å². The standard InChI is InChI=1S/C7H7BrO2/c8-6-2-1-5(4-9)7(10)3-6/h1-3,5,9H,4H2. The summed E-state index contributed by atoms with van der Waals surface area (Å²) < 4.78 is 0.766. The van der Waals surface area contributed by atoms with E-state index in [1.54, 1.807) is 12.2 Å². The van der Waals surface area contributed by atoms with Crippen molar-refractivity contribution in [2.75, 3.05) is 6.61 Å². The molecule has 1 rings (SSSR count). The Morgan fingerprint density at radius 2 is 2.40 bits per heavy atom. The van der Waals surface area contributed by atoms with Gasteiger partial charge in [-0.25, -0.2) is 0 Å². The Balaban J connectivity index is 2.74. The third-order valence-electron chi connectivity index (χ3n) is 1.33. The van der Waals surface area contributed by atoms with Crippen LogP contribution in [0, 0.1) is 5.92 Å². The minimum atomic E-state index is -0.332. The number of hydrogen-bond acceptors (Lipinski definition) is 2. The van der Waals surface area contributed by atoms with Gasteiger partial charge in [0, 0.05) is 4.48 Å². The van der Waals surface area contributed by atoms with E-state index in [1.807, 2.05) is 0 Å². The normalized spacial score (nSPS) is 24.8. The van der Waals surface area contributed by atoms with Crippen LogP contribution >= 0.6 is 15.9 Å². The van der Waals surface area contributed by atoms with E-state index in [4.69, 9.17) is 5.11 Å². The van der Waals surface area contributed by atoms with Gasteiger partial charge in [0.1, 0.15) is 0 Å². The topological polar surface area (TPSA) is 37.3 Å². The molecule has 1 aliphatic rings. The molecule has 1 unspecified atom stereocenters. The van der Waals surface area contributed by atoms with E-state index in [9.17, 15) is 4.79 Å². The lowest BCUT2D eigenvalue weighted by atomic mass is 10.0. The van der Waals surface area contributed by atoms with Gasteiger partial charge in [0.15, 0.2) is 5.78 Å². The molecule has 0 aromatic heterocycles. The number of aliphatic hydroxyl groups excluding tert-OH is 1. The molecule has 0 aromatic carbocycles. The Labute approximate surface area is 67.4 Å². The lowest BCUT2D eigenvalue weighted by Crippen LogP contribution is -2.15. The van der Waals surface area contributed by atoms with Gasteiger partial charge in [-0.05, 0) is 6.08 Å². The van der Waals surface area contributed by atoms with E-state index < -0.39 is 0 Å². The van der Waals surface area contributed by atoms with Crippen molar-refractivity contribution < 1.29 is 9.90 Å². The summed E-state index contributed by atoms with van der Waals surface area (Å²) in [6, 6.07) is 0. The molecule has 1 N–H and O–H groups in total. The lowest BCUT2D eigenvalue weighted by Gasteiger charge is -2.08. The Hall–Kier alpha value is -0.410. The van der Waals surface area contributed by atoms with Gasteiger partial charge in [-0.2, -0.15) is 0 Å². The average Bonchev–Trinajstić information content (AvgIpc) is 1.88. The Kier molecular flexibility index (Phi) is 2.40. The van der Waals surface area contributed by atoms with Gasteiger partial charge in [0.2, 0.25) is 0 Å². The summed E-state index contributed by atoms with van der Waals surface area (Å²) in [7, 11) is 0. The maximum absolute atomic E-state index is 10.9. The van der Waals surface area contributed by atoms with Crippen molar-refractivity contribution in [1.82, 2.24) is 0 Å². The first kappa shape index (κ1) is 7.69. The monoisotopic (exact) mass is 202 g/mol. The highest BCUT2D eigenvalue weighted by Gasteiger charge is 2.14. The zero-order valence-corrected chi connectivity index (χ0v) is 6.84. The first-order valence-corrected chi connectivity index (χ1v) is 3.73. The Morgan fingerprint density at radius 1 is 1.70 bits per heavy atom. The second kappa shape index (κ2) is 3.12. The Morgan fingerprint density at radius 3 is 2.90 bits per heavy atom. The van der Waals surface area contributed by atoms with E-state index in [2.05, 4.69) is 15.9 Å². The number of rotatable bonds is 1. The van der Waals surface area contributed by atoms with Gasteiger partial charge in [-0.3, -0.25) is 4.79 Å². The highest BCUT2D eigenvalue weighted by Crippen LogP contribution is 2.16. The third-order valence-corrected chi connectivity index (χ3v) is 1.82. The summed E-state index contributed by atoms with van der Waals surface area (Å²) in [5.41, 5.74) is 0. The lowest BCUT2D eigenvalue weighted by molar-refractivity contribution is -0.117. The van der Waals surface area contributed by atoms with Crippen molar-refractivity contribution in [2.45, 2.75) is 0 Å². The van der Waals surface area contributed by atoms with Crippen LogP contribution in [0.3, 0.4) is 0 Å². The fourth-order valence-corrected chi connectivity index (χ4v) is 1.12.